The molecule has 0 aromatic heterocycles. The molecule has 0 saturated carbocycles. The smallest absolute Gasteiger partial charge is 0.239 e. The minimum absolute atomic E-state index is 0.0188. The van der Waals surface area contributed by atoms with Crippen LogP contribution in [-0.2, 0) is 4.79 Å². The van der Waals surface area contributed by atoms with Crippen LogP contribution in [0.4, 0.5) is 11.4 Å². The number of nitrogens with zero attached hydrogens (tertiary/aromatic N) is 2. The third kappa shape index (κ3) is 4.85. The normalized spacial score (nSPS) is 20.3. The van der Waals surface area contributed by atoms with Crippen molar-refractivity contribution in [3.8, 4) is 0 Å². The molecule has 2 N–H and O–H groups in total. The van der Waals surface area contributed by atoms with Crippen molar-refractivity contribution < 1.29 is 4.79 Å². The standard InChI is InChI=1S/C23H28Cl2N4O/c1-16(20-8-7-17(24)14-21(20)25)27-18-4-2-5-19(15-18)28-10-12-29(13-11-28)23(30)22-6-3-9-26-22/h2,4-5,7-8,14-16,22,26-27H,3,6,9-13H2,1H3/t16-,22-/m1/s1. The lowest BCUT2D eigenvalue weighted by Gasteiger charge is -2.37. The number of nitrogens with one attached hydrogen (secondary N) is 2. The zero-order chi connectivity index (χ0) is 21.1. The Morgan fingerprint density at radius 2 is 1.93 bits per heavy atom. The SMILES string of the molecule is C[C@@H](Nc1cccc(N2CCN(C(=O)[C@H]3CCCN3)CC2)c1)c1ccc(Cl)cc1Cl. The van der Waals surface area contributed by atoms with Crippen LogP contribution in [0.2, 0.25) is 10.0 Å². The van der Waals surface area contributed by atoms with E-state index in [0.717, 1.165) is 56.8 Å². The predicted octanol–water partition coefficient (Wildman–Crippen LogP) is 4.57. The van der Waals surface area contributed by atoms with Crippen LogP contribution in [0.15, 0.2) is 42.5 Å². The van der Waals surface area contributed by atoms with Crippen molar-refractivity contribution in [2.45, 2.75) is 31.8 Å². The van der Waals surface area contributed by atoms with Gasteiger partial charge in [0.1, 0.15) is 0 Å². The van der Waals surface area contributed by atoms with E-state index in [4.69, 9.17) is 23.2 Å². The van der Waals surface area contributed by atoms with E-state index in [-0.39, 0.29) is 18.0 Å². The molecule has 0 bridgehead atoms. The van der Waals surface area contributed by atoms with Crippen LogP contribution in [0.3, 0.4) is 0 Å². The van der Waals surface area contributed by atoms with E-state index in [9.17, 15) is 4.79 Å². The van der Waals surface area contributed by atoms with Gasteiger partial charge in [0.2, 0.25) is 5.91 Å². The molecule has 2 aromatic carbocycles. The van der Waals surface area contributed by atoms with Gasteiger partial charge in [-0.3, -0.25) is 4.79 Å². The second-order valence-corrected chi connectivity index (χ2v) is 8.89. The minimum atomic E-state index is 0.0188. The van der Waals surface area contributed by atoms with Gasteiger partial charge in [0, 0.05) is 53.6 Å². The monoisotopic (exact) mass is 446 g/mol. The highest BCUT2D eigenvalue weighted by atomic mass is 35.5. The molecule has 2 heterocycles. The van der Waals surface area contributed by atoms with Crippen molar-refractivity contribution in [3.05, 3.63) is 58.1 Å². The van der Waals surface area contributed by atoms with Gasteiger partial charge in [0.05, 0.1) is 6.04 Å². The van der Waals surface area contributed by atoms with Crippen molar-refractivity contribution in [1.82, 2.24) is 10.2 Å². The first kappa shape index (κ1) is 21.3. The molecule has 2 fully saturated rings. The topological polar surface area (TPSA) is 47.6 Å². The van der Waals surface area contributed by atoms with Gasteiger partial charge in [0.15, 0.2) is 0 Å². The Hall–Kier alpha value is -1.95. The Labute approximate surface area is 188 Å². The van der Waals surface area contributed by atoms with Gasteiger partial charge in [-0.1, -0.05) is 35.3 Å². The molecule has 2 aliphatic heterocycles. The molecular formula is C23H28Cl2N4O. The number of hydrogen-bond acceptors (Lipinski definition) is 4. The third-order valence-electron chi connectivity index (χ3n) is 5.97. The first-order valence-corrected chi connectivity index (χ1v) is 11.4. The van der Waals surface area contributed by atoms with Crippen LogP contribution in [0.25, 0.3) is 0 Å². The maximum absolute atomic E-state index is 12.6. The molecule has 0 radical (unpaired) electrons. The molecule has 4 rings (SSSR count). The lowest BCUT2D eigenvalue weighted by Crippen LogP contribution is -2.53. The minimum Gasteiger partial charge on any atom is -0.378 e. The third-order valence-corrected chi connectivity index (χ3v) is 6.54. The summed E-state index contributed by atoms with van der Waals surface area (Å²) < 4.78 is 0. The van der Waals surface area contributed by atoms with Crippen LogP contribution >= 0.6 is 23.2 Å². The number of carbonyl (C=O) groups is 1. The molecule has 1 amide bonds. The summed E-state index contributed by atoms with van der Waals surface area (Å²) in [5.74, 6) is 0.260. The maximum Gasteiger partial charge on any atom is 0.239 e. The largest absolute Gasteiger partial charge is 0.378 e. The zero-order valence-electron chi connectivity index (χ0n) is 17.2. The molecule has 2 aromatic rings. The van der Waals surface area contributed by atoms with Crippen molar-refractivity contribution in [3.63, 3.8) is 0 Å². The highest BCUT2D eigenvalue weighted by molar-refractivity contribution is 6.35. The Balaban J connectivity index is 1.37. The summed E-state index contributed by atoms with van der Waals surface area (Å²) in [5, 5.41) is 8.15. The van der Waals surface area contributed by atoms with Crippen molar-refractivity contribution >= 4 is 40.5 Å². The van der Waals surface area contributed by atoms with E-state index in [1.54, 1.807) is 6.07 Å². The average Bonchev–Trinajstić information content (AvgIpc) is 3.28. The fraction of sp³-hybridized carbons (Fsp3) is 0.435. The summed E-state index contributed by atoms with van der Waals surface area (Å²) in [6, 6.07) is 14.1. The highest BCUT2D eigenvalue weighted by Gasteiger charge is 2.29. The zero-order valence-corrected chi connectivity index (χ0v) is 18.7. The van der Waals surface area contributed by atoms with Gasteiger partial charge in [-0.15, -0.1) is 0 Å². The Morgan fingerprint density at radius 3 is 2.63 bits per heavy atom. The van der Waals surface area contributed by atoms with Crippen molar-refractivity contribution in [1.29, 1.82) is 0 Å². The summed E-state index contributed by atoms with van der Waals surface area (Å²) in [4.78, 5) is 17.0. The molecule has 2 saturated heterocycles. The number of benzene rings is 2. The number of hydrogen-bond donors (Lipinski definition) is 2. The van der Waals surface area contributed by atoms with E-state index in [1.165, 1.54) is 5.69 Å². The number of anilines is 2. The summed E-state index contributed by atoms with van der Waals surface area (Å²) in [6.45, 7) is 6.27. The molecule has 7 heteroatoms. The van der Waals surface area contributed by atoms with Crippen LogP contribution in [-0.4, -0.2) is 49.6 Å². The fourth-order valence-electron chi connectivity index (χ4n) is 4.27. The quantitative estimate of drug-likeness (QED) is 0.705. The molecule has 2 atom stereocenters. The van der Waals surface area contributed by atoms with Crippen LogP contribution in [0.5, 0.6) is 0 Å². The summed E-state index contributed by atoms with van der Waals surface area (Å²) in [5.41, 5.74) is 3.22. The van der Waals surface area contributed by atoms with Crippen molar-refractivity contribution in [2.75, 3.05) is 42.9 Å². The highest BCUT2D eigenvalue weighted by Crippen LogP contribution is 2.30. The predicted molar refractivity (Wildman–Crippen MR) is 125 cm³/mol. The van der Waals surface area contributed by atoms with E-state index >= 15 is 0 Å². The molecule has 0 spiro atoms. The molecule has 0 unspecified atom stereocenters. The second kappa shape index (κ2) is 9.46. The first-order valence-electron chi connectivity index (χ1n) is 10.6. The maximum atomic E-state index is 12.6. The Bertz CT molecular complexity index is 893. The van der Waals surface area contributed by atoms with Crippen LogP contribution in [0, 0.1) is 0 Å². The lowest BCUT2D eigenvalue weighted by atomic mass is 10.1. The molecule has 160 valence electrons. The van der Waals surface area contributed by atoms with Gasteiger partial charge in [-0.2, -0.15) is 0 Å². The molecule has 5 nitrogen and oxygen atoms in total. The Kier molecular flexibility index (Phi) is 6.71. The Morgan fingerprint density at radius 1 is 1.13 bits per heavy atom. The van der Waals surface area contributed by atoms with E-state index in [1.807, 2.05) is 17.0 Å². The number of halogens is 2. The summed E-state index contributed by atoms with van der Waals surface area (Å²) in [6.07, 6.45) is 2.05. The molecule has 2 aliphatic rings. The van der Waals surface area contributed by atoms with Crippen molar-refractivity contribution in [2.24, 2.45) is 0 Å². The van der Waals surface area contributed by atoms with Gasteiger partial charge in [-0.05, 0) is 62.2 Å². The number of carbonyl (C=O) groups excluding carboxylic acids is 1. The second-order valence-electron chi connectivity index (χ2n) is 8.04. The van der Waals surface area contributed by atoms with E-state index in [2.05, 4.69) is 46.7 Å². The van der Waals surface area contributed by atoms with Gasteiger partial charge in [0.25, 0.3) is 0 Å². The fourth-order valence-corrected chi connectivity index (χ4v) is 4.85. The number of amides is 1. The number of piperazine rings is 1. The summed E-state index contributed by atoms with van der Waals surface area (Å²) >= 11 is 12.4. The van der Waals surface area contributed by atoms with E-state index < -0.39 is 0 Å². The molecule has 0 aliphatic carbocycles. The number of rotatable bonds is 5. The van der Waals surface area contributed by atoms with E-state index in [0.29, 0.717) is 10.0 Å². The van der Waals surface area contributed by atoms with Gasteiger partial charge >= 0.3 is 0 Å². The lowest BCUT2D eigenvalue weighted by molar-refractivity contribution is -0.133. The first-order chi connectivity index (χ1) is 14.5. The molecular weight excluding hydrogens is 419 g/mol. The van der Waals surface area contributed by atoms with Crippen LogP contribution in [0.1, 0.15) is 31.4 Å². The van der Waals surface area contributed by atoms with Gasteiger partial charge in [-0.25, -0.2) is 0 Å². The van der Waals surface area contributed by atoms with Gasteiger partial charge < -0.3 is 20.4 Å². The summed E-state index contributed by atoms with van der Waals surface area (Å²) in [7, 11) is 0. The molecule has 30 heavy (non-hydrogen) atoms. The van der Waals surface area contributed by atoms with Crippen LogP contribution < -0.4 is 15.5 Å². The average molecular weight is 447 g/mol.